The van der Waals surface area contributed by atoms with Crippen molar-refractivity contribution in [1.29, 1.82) is 0 Å². The number of carbonyl (C=O) groups excluding carboxylic acids is 1. The molecule has 1 aromatic carbocycles. The first-order chi connectivity index (χ1) is 9.11. The lowest BCUT2D eigenvalue weighted by Gasteiger charge is -2.09. The van der Waals surface area contributed by atoms with Gasteiger partial charge < -0.3 is 15.8 Å². The molecule has 0 aliphatic rings. The Balaban J connectivity index is 2.20. The van der Waals surface area contributed by atoms with E-state index in [9.17, 15) is 4.79 Å². The van der Waals surface area contributed by atoms with Crippen LogP contribution in [-0.2, 0) is 0 Å². The van der Waals surface area contributed by atoms with Crippen LogP contribution in [0.25, 0.3) is 0 Å². The van der Waals surface area contributed by atoms with Gasteiger partial charge in [-0.25, -0.2) is 4.98 Å². The molecule has 1 heterocycles. The van der Waals surface area contributed by atoms with E-state index in [4.69, 9.17) is 10.5 Å². The average Bonchev–Trinajstić information content (AvgIpc) is 2.39. The molecule has 3 N–H and O–H groups in total. The number of carbonyl (C=O) groups is 1. The van der Waals surface area contributed by atoms with Gasteiger partial charge in [-0.15, -0.1) is 0 Å². The van der Waals surface area contributed by atoms with E-state index in [1.807, 2.05) is 0 Å². The molecule has 0 radical (unpaired) electrons. The molecular formula is C13H12BrN3O2. The molecule has 19 heavy (non-hydrogen) atoms. The molecule has 98 valence electrons. The van der Waals surface area contributed by atoms with E-state index in [2.05, 4.69) is 26.2 Å². The summed E-state index contributed by atoms with van der Waals surface area (Å²) in [5.74, 6) is 0.258. The first-order valence-electron chi connectivity index (χ1n) is 5.47. The topological polar surface area (TPSA) is 77.2 Å². The second-order valence-corrected chi connectivity index (χ2v) is 4.60. The summed E-state index contributed by atoms with van der Waals surface area (Å²) in [5, 5.41) is 2.72. The molecule has 0 bridgehead atoms. The number of methoxy groups -OCH3 is 1. The van der Waals surface area contributed by atoms with Gasteiger partial charge in [-0.1, -0.05) is 0 Å². The number of hydrogen-bond acceptors (Lipinski definition) is 4. The van der Waals surface area contributed by atoms with Crippen LogP contribution in [0, 0.1) is 0 Å². The van der Waals surface area contributed by atoms with Crippen molar-refractivity contribution in [3.63, 3.8) is 0 Å². The van der Waals surface area contributed by atoms with Crippen LogP contribution in [0.3, 0.4) is 0 Å². The second-order valence-electron chi connectivity index (χ2n) is 3.74. The summed E-state index contributed by atoms with van der Waals surface area (Å²) in [6.45, 7) is 0. The molecule has 2 rings (SSSR count). The van der Waals surface area contributed by atoms with Crippen LogP contribution in [-0.4, -0.2) is 18.0 Å². The van der Waals surface area contributed by atoms with E-state index in [0.717, 1.165) is 0 Å². The fourth-order valence-corrected chi connectivity index (χ4v) is 1.99. The van der Waals surface area contributed by atoms with Gasteiger partial charge in [0.05, 0.1) is 12.8 Å². The van der Waals surface area contributed by atoms with Crippen LogP contribution in [0.4, 0.5) is 11.4 Å². The second kappa shape index (κ2) is 5.71. The first kappa shape index (κ1) is 13.4. The highest BCUT2D eigenvalue weighted by atomic mass is 79.9. The maximum atomic E-state index is 12.0. The van der Waals surface area contributed by atoms with E-state index < -0.39 is 0 Å². The standard InChI is InChI=1S/C13H12BrN3O2/c1-19-11-5-4-8(7-10(11)15)17-13(18)12-9(14)3-2-6-16-12/h2-7H,15H2,1H3,(H,17,18). The predicted molar refractivity (Wildman–Crippen MR) is 77.3 cm³/mol. The highest BCUT2D eigenvalue weighted by molar-refractivity contribution is 9.10. The SMILES string of the molecule is COc1ccc(NC(=O)c2ncccc2Br)cc1N. The van der Waals surface area contributed by atoms with Crippen LogP contribution < -0.4 is 15.8 Å². The summed E-state index contributed by atoms with van der Waals surface area (Å²) in [6, 6.07) is 8.53. The van der Waals surface area contributed by atoms with Crippen molar-refractivity contribution in [2.45, 2.75) is 0 Å². The minimum atomic E-state index is -0.308. The van der Waals surface area contributed by atoms with E-state index in [1.165, 1.54) is 7.11 Å². The zero-order valence-electron chi connectivity index (χ0n) is 10.2. The Morgan fingerprint density at radius 1 is 1.42 bits per heavy atom. The molecule has 0 aliphatic heterocycles. The molecule has 0 atom stereocenters. The molecule has 2 aromatic rings. The number of nitrogens with zero attached hydrogens (tertiary/aromatic N) is 1. The third-order valence-electron chi connectivity index (χ3n) is 2.46. The predicted octanol–water partition coefficient (Wildman–Crippen LogP) is 2.69. The Bertz CT molecular complexity index is 617. The van der Waals surface area contributed by atoms with Gasteiger partial charge in [0.25, 0.3) is 5.91 Å². The van der Waals surface area contributed by atoms with Gasteiger partial charge in [0, 0.05) is 16.4 Å². The molecule has 0 spiro atoms. The number of ether oxygens (including phenoxy) is 1. The zero-order chi connectivity index (χ0) is 13.8. The van der Waals surface area contributed by atoms with Crippen LogP contribution in [0.1, 0.15) is 10.5 Å². The summed E-state index contributed by atoms with van der Waals surface area (Å²) in [7, 11) is 1.54. The number of hydrogen-bond donors (Lipinski definition) is 2. The molecule has 1 amide bonds. The normalized spacial score (nSPS) is 10.0. The number of pyridine rings is 1. The average molecular weight is 322 g/mol. The van der Waals surface area contributed by atoms with E-state index in [1.54, 1.807) is 36.5 Å². The van der Waals surface area contributed by atoms with E-state index >= 15 is 0 Å². The highest BCUT2D eigenvalue weighted by Crippen LogP contribution is 2.25. The van der Waals surface area contributed by atoms with Gasteiger partial charge in [0.1, 0.15) is 11.4 Å². The number of nitrogens with one attached hydrogen (secondary N) is 1. The number of nitrogen functional groups attached to an aromatic ring is 1. The summed E-state index contributed by atoms with van der Waals surface area (Å²) < 4.78 is 5.68. The molecule has 0 unspecified atom stereocenters. The number of nitrogens with two attached hydrogens (primary N) is 1. The smallest absolute Gasteiger partial charge is 0.275 e. The Kier molecular flexibility index (Phi) is 4.01. The van der Waals surface area contributed by atoms with Gasteiger partial charge in [0.2, 0.25) is 0 Å². The molecule has 1 aromatic heterocycles. The molecule has 5 nitrogen and oxygen atoms in total. The minimum Gasteiger partial charge on any atom is -0.495 e. The summed E-state index contributed by atoms with van der Waals surface area (Å²) in [4.78, 5) is 16.0. The number of benzene rings is 1. The molecule has 6 heteroatoms. The quantitative estimate of drug-likeness (QED) is 0.852. The zero-order valence-corrected chi connectivity index (χ0v) is 11.8. The molecule has 0 saturated heterocycles. The fourth-order valence-electron chi connectivity index (χ4n) is 1.56. The number of halogens is 1. The largest absolute Gasteiger partial charge is 0.495 e. The van der Waals surface area contributed by atoms with Crippen LogP contribution in [0.2, 0.25) is 0 Å². The van der Waals surface area contributed by atoms with Crippen molar-refractivity contribution in [2.24, 2.45) is 0 Å². The summed E-state index contributed by atoms with van der Waals surface area (Å²) in [5.41, 5.74) is 7.13. The Morgan fingerprint density at radius 3 is 2.84 bits per heavy atom. The molecule has 0 aliphatic carbocycles. The third-order valence-corrected chi connectivity index (χ3v) is 3.10. The van der Waals surface area contributed by atoms with Crippen molar-refractivity contribution < 1.29 is 9.53 Å². The third kappa shape index (κ3) is 3.03. The lowest BCUT2D eigenvalue weighted by molar-refractivity contribution is 0.102. The highest BCUT2D eigenvalue weighted by Gasteiger charge is 2.11. The van der Waals surface area contributed by atoms with Crippen molar-refractivity contribution in [3.05, 3.63) is 46.7 Å². The molecule has 0 saturated carbocycles. The van der Waals surface area contributed by atoms with Crippen molar-refractivity contribution in [2.75, 3.05) is 18.2 Å². The number of rotatable bonds is 3. The molecule has 0 fully saturated rings. The van der Waals surface area contributed by atoms with Gasteiger partial charge in [-0.2, -0.15) is 0 Å². The number of aromatic nitrogens is 1. The number of anilines is 2. The molecular weight excluding hydrogens is 310 g/mol. The maximum absolute atomic E-state index is 12.0. The Morgan fingerprint density at radius 2 is 2.21 bits per heavy atom. The fraction of sp³-hybridized carbons (Fsp3) is 0.0769. The Hall–Kier alpha value is -2.08. The Labute approximate surface area is 118 Å². The van der Waals surface area contributed by atoms with Crippen LogP contribution >= 0.6 is 15.9 Å². The lowest BCUT2D eigenvalue weighted by Crippen LogP contribution is -2.14. The maximum Gasteiger partial charge on any atom is 0.275 e. The van der Waals surface area contributed by atoms with Gasteiger partial charge in [-0.05, 0) is 46.3 Å². The van der Waals surface area contributed by atoms with E-state index in [-0.39, 0.29) is 5.91 Å². The van der Waals surface area contributed by atoms with Crippen LogP contribution in [0.5, 0.6) is 5.75 Å². The number of amides is 1. The van der Waals surface area contributed by atoms with Gasteiger partial charge in [-0.3, -0.25) is 4.79 Å². The first-order valence-corrected chi connectivity index (χ1v) is 6.26. The van der Waals surface area contributed by atoms with Crippen molar-refractivity contribution in [3.8, 4) is 5.75 Å². The summed E-state index contributed by atoms with van der Waals surface area (Å²) in [6.07, 6.45) is 1.56. The summed E-state index contributed by atoms with van der Waals surface area (Å²) >= 11 is 3.28. The van der Waals surface area contributed by atoms with Gasteiger partial charge in [0.15, 0.2) is 0 Å². The lowest BCUT2D eigenvalue weighted by atomic mass is 10.2. The van der Waals surface area contributed by atoms with Gasteiger partial charge >= 0.3 is 0 Å². The minimum absolute atomic E-state index is 0.308. The van der Waals surface area contributed by atoms with E-state index in [0.29, 0.717) is 27.3 Å². The monoisotopic (exact) mass is 321 g/mol. The van der Waals surface area contributed by atoms with Crippen molar-refractivity contribution >= 4 is 33.2 Å². The van der Waals surface area contributed by atoms with Crippen molar-refractivity contribution in [1.82, 2.24) is 4.98 Å². The van der Waals surface area contributed by atoms with Crippen LogP contribution in [0.15, 0.2) is 41.0 Å².